The minimum Gasteiger partial charge on any atom is -0.357 e. The van der Waals surface area contributed by atoms with Gasteiger partial charge in [0.25, 0.3) is 0 Å². The Morgan fingerprint density at radius 2 is 2.04 bits per heavy atom. The minimum atomic E-state index is -0.894. The highest BCUT2D eigenvalue weighted by atomic mass is 127. The summed E-state index contributed by atoms with van der Waals surface area (Å²) in [6.07, 6.45) is 2.53. The number of nitrogens with one attached hydrogen (secondary N) is 2. The fourth-order valence-corrected chi connectivity index (χ4v) is 3.89. The molecule has 1 aromatic rings. The molecular formula is C19H31IN4O2S. The predicted octanol–water partition coefficient (Wildman–Crippen LogP) is 2.12. The standard InChI is InChI=1S/C19H30N4O2S.HI/c1-2-20-19(21-11-7-14-23-13-6-10-18(23)24)22-12-15-26(25)16-17-8-4-3-5-9-17;/h3-5,8-9H,2,6-7,10-16H2,1H3,(H2,20,21,22);1H. The summed E-state index contributed by atoms with van der Waals surface area (Å²) in [5.74, 6) is 2.18. The summed E-state index contributed by atoms with van der Waals surface area (Å²) >= 11 is 0. The number of halogens is 1. The van der Waals surface area contributed by atoms with E-state index in [2.05, 4.69) is 15.6 Å². The highest BCUT2D eigenvalue weighted by Crippen LogP contribution is 2.09. The van der Waals surface area contributed by atoms with E-state index in [1.54, 1.807) is 0 Å². The Morgan fingerprint density at radius 3 is 2.70 bits per heavy atom. The highest BCUT2D eigenvalue weighted by molar-refractivity contribution is 14.0. The lowest BCUT2D eigenvalue weighted by molar-refractivity contribution is -0.127. The van der Waals surface area contributed by atoms with E-state index in [1.807, 2.05) is 42.2 Å². The number of hydrogen-bond acceptors (Lipinski definition) is 3. The molecule has 2 N–H and O–H groups in total. The Morgan fingerprint density at radius 1 is 1.26 bits per heavy atom. The van der Waals surface area contributed by atoms with Crippen LogP contribution in [0.2, 0.25) is 0 Å². The Bertz CT molecular complexity index is 613. The first-order chi connectivity index (χ1) is 12.7. The van der Waals surface area contributed by atoms with Crippen LogP contribution in [0.3, 0.4) is 0 Å². The molecule has 0 saturated carbocycles. The average Bonchev–Trinajstić information content (AvgIpc) is 3.04. The summed E-state index contributed by atoms with van der Waals surface area (Å²) in [6, 6.07) is 9.91. The summed E-state index contributed by atoms with van der Waals surface area (Å²) in [5, 5.41) is 6.44. The molecule has 1 saturated heterocycles. The van der Waals surface area contributed by atoms with Gasteiger partial charge in [0.15, 0.2) is 5.96 Å². The second-order valence-electron chi connectivity index (χ2n) is 6.30. The zero-order valence-corrected chi connectivity index (χ0v) is 19.1. The van der Waals surface area contributed by atoms with E-state index in [-0.39, 0.29) is 29.9 Å². The second-order valence-corrected chi connectivity index (χ2v) is 7.88. The molecule has 0 spiro atoms. The summed E-state index contributed by atoms with van der Waals surface area (Å²) in [6.45, 7) is 5.76. The van der Waals surface area contributed by atoms with Crippen molar-refractivity contribution in [2.45, 2.75) is 31.9 Å². The van der Waals surface area contributed by atoms with E-state index in [0.717, 1.165) is 44.0 Å². The third-order valence-corrected chi connectivity index (χ3v) is 5.48. The first kappa shape index (κ1) is 23.9. The third-order valence-electron chi connectivity index (χ3n) is 4.16. The van der Waals surface area contributed by atoms with E-state index in [0.29, 0.717) is 31.0 Å². The van der Waals surface area contributed by atoms with Gasteiger partial charge in [-0.3, -0.25) is 14.0 Å². The van der Waals surface area contributed by atoms with Crippen molar-refractivity contribution in [3.63, 3.8) is 0 Å². The zero-order valence-electron chi connectivity index (χ0n) is 16.0. The lowest BCUT2D eigenvalue weighted by Gasteiger charge is -2.15. The first-order valence-electron chi connectivity index (χ1n) is 9.38. The van der Waals surface area contributed by atoms with Crippen molar-refractivity contribution in [2.24, 2.45) is 4.99 Å². The normalized spacial score (nSPS) is 15.4. The molecule has 0 bridgehead atoms. The predicted molar refractivity (Wildman–Crippen MR) is 123 cm³/mol. The van der Waals surface area contributed by atoms with Gasteiger partial charge in [0.2, 0.25) is 5.91 Å². The molecule has 152 valence electrons. The fraction of sp³-hybridized carbons (Fsp3) is 0.579. The molecule has 1 heterocycles. The number of carbonyl (C=O) groups excluding carboxylic acids is 1. The smallest absolute Gasteiger partial charge is 0.222 e. The fourth-order valence-electron chi connectivity index (χ4n) is 2.85. The van der Waals surface area contributed by atoms with Crippen LogP contribution < -0.4 is 10.6 Å². The van der Waals surface area contributed by atoms with Crippen LogP contribution in [0.25, 0.3) is 0 Å². The summed E-state index contributed by atoms with van der Waals surface area (Å²) < 4.78 is 12.2. The van der Waals surface area contributed by atoms with E-state index < -0.39 is 10.8 Å². The minimum absolute atomic E-state index is 0. The second kappa shape index (κ2) is 13.9. The largest absolute Gasteiger partial charge is 0.357 e. The van der Waals surface area contributed by atoms with E-state index >= 15 is 0 Å². The summed E-state index contributed by atoms with van der Waals surface area (Å²) in [4.78, 5) is 18.0. The summed E-state index contributed by atoms with van der Waals surface area (Å²) in [7, 11) is -0.894. The SMILES string of the molecule is CCNC(=NCCCN1CCCC1=O)NCCS(=O)Cc1ccccc1.I. The van der Waals surface area contributed by atoms with Gasteiger partial charge in [-0.1, -0.05) is 30.3 Å². The van der Waals surface area contributed by atoms with Gasteiger partial charge in [-0.2, -0.15) is 0 Å². The number of rotatable bonds is 10. The molecule has 1 aromatic carbocycles. The summed E-state index contributed by atoms with van der Waals surface area (Å²) in [5.41, 5.74) is 1.10. The van der Waals surface area contributed by atoms with Crippen molar-refractivity contribution < 1.29 is 9.00 Å². The van der Waals surface area contributed by atoms with Gasteiger partial charge in [0.05, 0.1) is 0 Å². The van der Waals surface area contributed by atoms with E-state index in [1.165, 1.54) is 0 Å². The quantitative estimate of drug-likeness (QED) is 0.221. The topological polar surface area (TPSA) is 73.8 Å². The first-order valence-corrected chi connectivity index (χ1v) is 10.9. The Kier molecular flexibility index (Phi) is 12.3. The van der Waals surface area contributed by atoms with Crippen molar-refractivity contribution in [3.8, 4) is 0 Å². The van der Waals surface area contributed by atoms with Crippen molar-refractivity contribution >= 4 is 46.6 Å². The molecule has 1 unspecified atom stereocenters. The van der Waals surface area contributed by atoms with Crippen LogP contribution in [0.4, 0.5) is 0 Å². The van der Waals surface area contributed by atoms with E-state index in [4.69, 9.17) is 0 Å². The number of aliphatic imine (C=N–C) groups is 1. The molecular weight excluding hydrogens is 475 g/mol. The maximum Gasteiger partial charge on any atom is 0.222 e. The molecule has 2 rings (SSSR count). The number of carbonyl (C=O) groups is 1. The van der Waals surface area contributed by atoms with Crippen LogP contribution in [-0.4, -0.2) is 59.5 Å². The highest BCUT2D eigenvalue weighted by Gasteiger charge is 2.18. The molecule has 0 radical (unpaired) electrons. The van der Waals surface area contributed by atoms with Crippen LogP contribution in [0.15, 0.2) is 35.3 Å². The Balaban J connectivity index is 0.00000364. The number of likely N-dealkylation sites (tertiary alicyclic amines) is 1. The van der Waals surface area contributed by atoms with Gasteiger partial charge in [-0.25, -0.2) is 0 Å². The third kappa shape index (κ3) is 9.55. The van der Waals surface area contributed by atoms with Crippen LogP contribution in [0.1, 0.15) is 31.7 Å². The van der Waals surface area contributed by atoms with Crippen molar-refractivity contribution in [1.82, 2.24) is 15.5 Å². The molecule has 6 nitrogen and oxygen atoms in total. The van der Waals surface area contributed by atoms with Crippen molar-refractivity contribution in [1.29, 1.82) is 0 Å². The van der Waals surface area contributed by atoms with Gasteiger partial charge < -0.3 is 15.5 Å². The molecule has 1 aliphatic rings. The van der Waals surface area contributed by atoms with Crippen molar-refractivity contribution in [3.05, 3.63) is 35.9 Å². The molecule has 1 atom stereocenters. The van der Waals surface area contributed by atoms with Crippen molar-refractivity contribution in [2.75, 3.05) is 38.5 Å². The number of hydrogen-bond donors (Lipinski definition) is 2. The monoisotopic (exact) mass is 506 g/mol. The van der Waals surface area contributed by atoms with E-state index in [9.17, 15) is 9.00 Å². The van der Waals surface area contributed by atoms with Crippen LogP contribution in [0.5, 0.6) is 0 Å². The lowest BCUT2D eigenvalue weighted by Crippen LogP contribution is -2.39. The molecule has 27 heavy (non-hydrogen) atoms. The molecule has 1 fully saturated rings. The van der Waals surface area contributed by atoms with Crippen LogP contribution in [0, 0.1) is 0 Å². The van der Waals surface area contributed by atoms with Crippen LogP contribution >= 0.6 is 24.0 Å². The van der Waals surface area contributed by atoms with Crippen LogP contribution in [-0.2, 0) is 21.3 Å². The lowest BCUT2D eigenvalue weighted by atomic mass is 10.2. The molecule has 1 aliphatic heterocycles. The number of benzene rings is 1. The maximum absolute atomic E-state index is 12.2. The molecule has 8 heteroatoms. The maximum atomic E-state index is 12.2. The zero-order chi connectivity index (χ0) is 18.6. The van der Waals surface area contributed by atoms with Gasteiger partial charge in [-0.15, -0.1) is 24.0 Å². The van der Waals surface area contributed by atoms with Gasteiger partial charge >= 0.3 is 0 Å². The molecule has 1 amide bonds. The number of amides is 1. The molecule has 0 aromatic heterocycles. The van der Waals surface area contributed by atoms with Gasteiger partial charge in [-0.05, 0) is 25.3 Å². The van der Waals surface area contributed by atoms with Gasteiger partial charge in [0.1, 0.15) is 0 Å². The number of guanidine groups is 1. The molecule has 0 aliphatic carbocycles. The average molecular weight is 506 g/mol. The Labute approximate surface area is 182 Å². The Hall–Kier alpha value is -1.16. The number of nitrogens with zero attached hydrogens (tertiary/aromatic N) is 2. The van der Waals surface area contributed by atoms with Gasteiger partial charge in [0, 0.05) is 61.4 Å².